The second-order valence-electron chi connectivity index (χ2n) is 3.99. The lowest BCUT2D eigenvalue weighted by Crippen LogP contribution is -2.01. The molecule has 3 heteroatoms. The van der Waals surface area contributed by atoms with Crippen molar-refractivity contribution in [3.05, 3.63) is 29.8 Å². The average Bonchev–Trinajstić information content (AvgIpc) is 2.35. The van der Waals surface area contributed by atoms with Crippen LogP contribution in [0.5, 0.6) is 5.75 Å². The zero-order valence-electron chi connectivity index (χ0n) is 12.3. The molecule has 0 heterocycles. The van der Waals surface area contributed by atoms with Crippen LogP contribution in [0, 0.1) is 12.8 Å². The van der Waals surface area contributed by atoms with Gasteiger partial charge in [-0.2, -0.15) is 8.78 Å². The number of benzene rings is 1. The molecule has 106 valence electrons. The number of aryl methyl sites for hydroxylation is 1. The molecule has 0 amide bonds. The molecule has 0 radical (unpaired) electrons. The molecule has 0 N–H and O–H groups in total. The van der Waals surface area contributed by atoms with E-state index in [1.165, 1.54) is 18.6 Å². The third-order valence-electron chi connectivity index (χ3n) is 2.06. The summed E-state index contributed by atoms with van der Waals surface area (Å²) in [6.07, 6.45) is 1.31. The van der Waals surface area contributed by atoms with Crippen LogP contribution in [0.25, 0.3) is 0 Å². The van der Waals surface area contributed by atoms with E-state index in [9.17, 15) is 8.78 Å². The number of halogens is 2. The Labute approximate surface area is 110 Å². The summed E-state index contributed by atoms with van der Waals surface area (Å²) < 4.78 is 27.3. The van der Waals surface area contributed by atoms with E-state index in [0.717, 1.165) is 11.5 Å². The first-order valence-corrected chi connectivity index (χ1v) is 6.47. The SMILES string of the molecule is CC.CCC(C)C.Cc1ccc(OC(F)F)cc1. The van der Waals surface area contributed by atoms with Crippen molar-refractivity contribution in [2.45, 2.75) is 54.6 Å². The van der Waals surface area contributed by atoms with Crippen LogP contribution in [0.4, 0.5) is 8.78 Å². The van der Waals surface area contributed by atoms with Gasteiger partial charge in [-0.15, -0.1) is 0 Å². The van der Waals surface area contributed by atoms with Crippen LogP contribution in [-0.4, -0.2) is 6.61 Å². The predicted octanol–water partition coefficient (Wildman–Crippen LogP) is 5.68. The fourth-order valence-corrected chi connectivity index (χ4v) is 0.720. The fourth-order valence-electron chi connectivity index (χ4n) is 0.720. The molecule has 0 aliphatic carbocycles. The first-order chi connectivity index (χ1) is 8.45. The van der Waals surface area contributed by atoms with Crippen molar-refractivity contribution < 1.29 is 13.5 Å². The van der Waals surface area contributed by atoms with Gasteiger partial charge in [0.25, 0.3) is 0 Å². The highest BCUT2D eigenvalue weighted by molar-refractivity contribution is 5.26. The van der Waals surface area contributed by atoms with Crippen molar-refractivity contribution in [1.82, 2.24) is 0 Å². The highest BCUT2D eigenvalue weighted by atomic mass is 19.3. The molecule has 0 saturated heterocycles. The summed E-state index contributed by atoms with van der Waals surface area (Å²) in [6.45, 7) is 9.79. The normalized spacial score (nSPS) is 9.22. The summed E-state index contributed by atoms with van der Waals surface area (Å²) in [5, 5.41) is 0. The van der Waals surface area contributed by atoms with E-state index in [1.807, 2.05) is 20.8 Å². The lowest BCUT2D eigenvalue weighted by atomic mass is 10.2. The van der Waals surface area contributed by atoms with Crippen molar-refractivity contribution in [2.24, 2.45) is 5.92 Å². The van der Waals surface area contributed by atoms with Crippen LogP contribution in [0.2, 0.25) is 0 Å². The molecule has 0 saturated carbocycles. The smallest absolute Gasteiger partial charge is 0.387 e. The van der Waals surface area contributed by atoms with Gasteiger partial charge in [0.2, 0.25) is 0 Å². The predicted molar refractivity (Wildman–Crippen MR) is 74.3 cm³/mol. The Morgan fingerprint density at radius 2 is 1.44 bits per heavy atom. The molecule has 1 aromatic carbocycles. The molecule has 0 spiro atoms. The van der Waals surface area contributed by atoms with Crippen LogP contribution < -0.4 is 4.74 Å². The van der Waals surface area contributed by atoms with E-state index in [-0.39, 0.29) is 5.75 Å². The van der Waals surface area contributed by atoms with Gasteiger partial charge in [0, 0.05) is 0 Å². The fraction of sp³-hybridized carbons (Fsp3) is 0.600. The standard InChI is InChI=1S/C8H8F2O.C5H12.C2H6/c1-6-2-4-7(5-3-6)11-8(9)10;1-4-5(2)3;1-2/h2-5,8H,1H3;5H,4H2,1-3H3;1-2H3. The molecule has 18 heavy (non-hydrogen) atoms. The zero-order chi connectivity index (χ0) is 14.6. The molecule has 0 fully saturated rings. The van der Waals surface area contributed by atoms with Crippen molar-refractivity contribution in [3.8, 4) is 5.75 Å². The summed E-state index contributed by atoms with van der Waals surface area (Å²) in [4.78, 5) is 0. The Morgan fingerprint density at radius 1 is 1.06 bits per heavy atom. The first kappa shape index (κ1) is 19.2. The van der Waals surface area contributed by atoms with E-state index in [0.29, 0.717) is 0 Å². The van der Waals surface area contributed by atoms with Gasteiger partial charge in [0.05, 0.1) is 0 Å². The summed E-state index contributed by atoms with van der Waals surface area (Å²) in [7, 11) is 0. The number of alkyl halides is 2. The monoisotopic (exact) mass is 260 g/mol. The van der Waals surface area contributed by atoms with Crippen molar-refractivity contribution in [2.75, 3.05) is 0 Å². The van der Waals surface area contributed by atoms with Crippen LogP contribution in [0.1, 0.15) is 46.6 Å². The largest absolute Gasteiger partial charge is 0.435 e. The highest BCUT2D eigenvalue weighted by Gasteiger charge is 2.01. The van der Waals surface area contributed by atoms with Crippen LogP contribution >= 0.6 is 0 Å². The maximum atomic E-state index is 11.6. The number of ether oxygens (including phenoxy) is 1. The lowest BCUT2D eigenvalue weighted by molar-refractivity contribution is -0.0498. The summed E-state index contributed by atoms with van der Waals surface area (Å²) in [5.74, 6) is 1.08. The summed E-state index contributed by atoms with van der Waals surface area (Å²) in [6, 6.07) is 6.47. The molecule has 1 rings (SSSR count). The van der Waals surface area contributed by atoms with Crippen molar-refractivity contribution in [1.29, 1.82) is 0 Å². The van der Waals surface area contributed by atoms with E-state index < -0.39 is 6.61 Å². The van der Waals surface area contributed by atoms with Gasteiger partial charge in [-0.1, -0.05) is 58.7 Å². The van der Waals surface area contributed by atoms with Crippen LogP contribution in [0.3, 0.4) is 0 Å². The Hall–Kier alpha value is -1.12. The van der Waals surface area contributed by atoms with Crippen LogP contribution in [0.15, 0.2) is 24.3 Å². The topological polar surface area (TPSA) is 9.23 Å². The Morgan fingerprint density at radius 3 is 1.72 bits per heavy atom. The van der Waals surface area contributed by atoms with E-state index in [4.69, 9.17) is 0 Å². The molecule has 1 nitrogen and oxygen atoms in total. The van der Waals surface area contributed by atoms with E-state index >= 15 is 0 Å². The number of rotatable bonds is 3. The third kappa shape index (κ3) is 12.9. The number of hydrogen-bond acceptors (Lipinski definition) is 1. The molecule has 0 bridgehead atoms. The molecule has 0 atom stereocenters. The molecule has 0 aromatic heterocycles. The van der Waals surface area contributed by atoms with Gasteiger partial charge in [0.15, 0.2) is 0 Å². The molecule has 0 aliphatic rings. The van der Waals surface area contributed by atoms with Crippen LogP contribution in [-0.2, 0) is 0 Å². The Bertz CT molecular complexity index is 268. The summed E-state index contributed by atoms with van der Waals surface area (Å²) in [5.41, 5.74) is 1.02. The second-order valence-corrected chi connectivity index (χ2v) is 3.99. The highest BCUT2D eigenvalue weighted by Crippen LogP contribution is 2.13. The molecule has 0 aliphatic heterocycles. The third-order valence-corrected chi connectivity index (χ3v) is 2.06. The van der Waals surface area contributed by atoms with Crippen molar-refractivity contribution in [3.63, 3.8) is 0 Å². The zero-order valence-corrected chi connectivity index (χ0v) is 12.3. The maximum Gasteiger partial charge on any atom is 0.387 e. The number of hydrogen-bond donors (Lipinski definition) is 0. The van der Waals surface area contributed by atoms with Gasteiger partial charge in [-0.25, -0.2) is 0 Å². The second kappa shape index (κ2) is 12.3. The Balaban J connectivity index is 0. The van der Waals surface area contributed by atoms with Gasteiger partial charge < -0.3 is 4.74 Å². The maximum absolute atomic E-state index is 11.6. The van der Waals surface area contributed by atoms with Gasteiger partial charge in [-0.3, -0.25) is 0 Å². The van der Waals surface area contributed by atoms with E-state index in [1.54, 1.807) is 12.1 Å². The lowest BCUT2D eigenvalue weighted by Gasteiger charge is -2.02. The minimum absolute atomic E-state index is 0.200. The van der Waals surface area contributed by atoms with Gasteiger partial charge >= 0.3 is 6.61 Å². The van der Waals surface area contributed by atoms with Gasteiger partial charge in [0.1, 0.15) is 5.75 Å². The molecular formula is C15H26F2O. The molecule has 0 unspecified atom stereocenters. The van der Waals surface area contributed by atoms with Crippen molar-refractivity contribution >= 4 is 0 Å². The molecular weight excluding hydrogens is 234 g/mol. The first-order valence-electron chi connectivity index (χ1n) is 6.47. The minimum Gasteiger partial charge on any atom is -0.435 e. The summed E-state index contributed by atoms with van der Waals surface area (Å²) >= 11 is 0. The van der Waals surface area contributed by atoms with E-state index in [2.05, 4.69) is 25.5 Å². The molecule has 1 aromatic rings. The minimum atomic E-state index is -2.74. The Kier molecular flexibility index (Phi) is 13.2. The average molecular weight is 260 g/mol. The quantitative estimate of drug-likeness (QED) is 0.679. The van der Waals surface area contributed by atoms with Gasteiger partial charge in [-0.05, 0) is 25.0 Å².